The van der Waals surface area contributed by atoms with E-state index in [0.717, 1.165) is 23.8 Å². The molecule has 1 aliphatic rings. The van der Waals surface area contributed by atoms with Crippen LogP contribution in [0.1, 0.15) is 38.2 Å². The van der Waals surface area contributed by atoms with Gasteiger partial charge in [0.2, 0.25) is 0 Å². The van der Waals surface area contributed by atoms with E-state index in [0.29, 0.717) is 0 Å². The Morgan fingerprint density at radius 2 is 1.86 bits per heavy atom. The summed E-state index contributed by atoms with van der Waals surface area (Å²) in [5.74, 6) is 6.22. The lowest BCUT2D eigenvalue weighted by atomic mass is 9.93. The zero-order chi connectivity index (χ0) is 14.7. The molecule has 0 bridgehead atoms. The summed E-state index contributed by atoms with van der Waals surface area (Å²) in [6.45, 7) is 1.77. The van der Waals surface area contributed by atoms with Crippen LogP contribution >= 0.6 is 0 Å². The molecule has 0 aromatic heterocycles. The highest BCUT2D eigenvalue weighted by Gasteiger charge is 2.20. The van der Waals surface area contributed by atoms with Crippen molar-refractivity contribution in [3.8, 4) is 11.8 Å². The molecule has 1 nitrogen and oxygen atoms in total. The van der Waals surface area contributed by atoms with Gasteiger partial charge in [-0.05, 0) is 60.6 Å². The van der Waals surface area contributed by atoms with Crippen LogP contribution in [0, 0.1) is 11.8 Å². The number of hydrogen-bond acceptors (Lipinski definition) is 1. The minimum atomic E-state index is -1.11. The van der Waals surface area contributed by atoms with Gasteiger partial charge < -0.3 is 5.11 Å². The molecule has 3 rings (SSSR count). The van der Waals surface area contributed by atoms with E-state index in [1.807, 2.05) is 30.3 Å². The monoisotopic (exact) mass is 276 g/mol. The zero-order valence-electron chi connectivity index (χ0n) is 12.4. The molecule has 1 aliphatic carbocycles. The van der Waals surface area contributed by atoms with Gasteiger partial charge in [-0.15, -0.1) is 0 Å². The Labute approximate surface area is 126 Å². The third kappa shape index (κ3) is 3.17. The van der Waals surface area contributed by atoms with Crippen molar-refractivity contribution in [1.29, 1.82) is 0 Å². The second-order valence-corrected chi connectivity index (χ2v) is 5.86. The van der Waals surface area contributed by atoms with Gasteiger partial charge >= 0.3 is 0 Å². The Hall–Kier alpha value is -2.04. The van der Waals surface area contributed by atoms with Gasteiger partial charge in [0.25, 0.3) is 0 Å². The molecule has 1 N–H and O–H groups in total. The molecule has 0 saturated heterocycles. The maximum Gasteiger partial charge on any atom is 0.148 e. The third-order valence-corrected chi connectivity index (χ3v) is 4.07. The van der Waals surface area contributed by atoms with Gasteiger partial charge in [-0.25, -0.2) is 0 Å². The summed E-state index contributed by atoms with van der Waals surface area (Å²) in [5.41, 5.74) is 0.912. The first-order valence-corrected chi connectivity index (χ1v) is 7.59. The standard InChI is InChI=1S/C20H20O/c1-20(21,14-13-16-7-3-2-4-8-16)19-12-11-17-9-5-6-10-18(17)15-19/h5-7,9-12,15,21H,2-4,8H2,1H3. The summed E-state index contributed by atoms with van der Waals surface area (Å²) in [6.07, 6.45) is 6.82. The number of allylic oxidation sites excluding steroid dienone is 2. The van der Waals surface area contributed by atoms with Gasteiger partial charge in [-0.3, -0.25) is 0 Å². The van der Waals surface area contributed by atoms with Gasteiger partial charge in [-0.1, -0.05) is 54.3 Å². The molecule has 0 aliphatic heterocycles. The molecule has 106 valence electrons. The minimum Gasteiger partial charge on any atom is -0.374 e. The predicted octanol–water partition coefficient (Wildman–Crippen LogP) is 4.55. The van der Waals surface area contributed by atoms with E-state index < -0.39 is 5.60 Å². The molecule has 2 aromatic rings. The van der Waals surface area contributed by atoms with Crippen molar-refractivity contribution in [3.63, 3.8) is 0 Å². The fraction of sp³-hybridized carbons (Fsp3) is 0.300. The second kappa shape index (κ2) is 5.76. The van der Waals surface area contributed by atoms with Crippen LogP contribution in [0.4, 0.5) is 0 Å². The largest absolute Gasteiger partial charge is 0.374 e. The Kier molecular flexibility index (Phi) is 3.82. The van der Waals surface area contributed by atoms with Crippen molar-refractivity contribution in [2.45, 2.75) is 38.2 Å². The molecule has 0 fully saturated rings. The number of benzene rings is 2. The summed E-state index contributed by atoms with van der Waals surface area (Å²) in [4.78, 5) is 0. The molecule has 1 atom stereocenters. The van der Waals surface area contributed by atoms with Gasteiger partial charge in [-0.2, -0.15) is 0 Å². The van der Waals surface area contributed by atoms with Gasteiger partial charge in [0.05, 0.1) is 0 Å². The van der Waals surface area contributed by atoms with Crippen LogP contribution in [0.25, 0.3) is 10.8 Å². The van der Waals surface area contributed by atoms with Crippen molar-refractivity contribution in [2.75, 3.05) is 0 Å². The number of aliphatic hydroxyl groups is 1. The minimum absolute atomic E-state index is 0.852. The van der Waals surface area contributed by atoms with E-state index in [2.05, 4.69) is 30.0 Å². The van der Waals surface area contributed by atoms with Crippen LogP contribution < -0.4 is 0 Å². The van der Waals surface area contributed by atoms with E-state index in [9.17, 15) is 5.11 Å². The molecule has 0 heterocycles. The zero-order valence-corrected chi connectivity index (χ0v) is 12.4. The van der Waals surface area contributed by atoms with Crippen LogP contribution in [0.5, 0.6) is 0 Å². The van der Waals surface area contributed by atoms with Crippen LogP contribution in [-0.4, -0.2) is 5.11 Å². The topological polar surface area (TPSA) is 20.2 Å². The molecule has 0 amide bonds. The summed E-state index contributed by atoms with van der Waals surface area (Å²) < 4.78 is 0. The molecule has 2 aromatic carbocycles. The molecule has 1 heteroatoms. The highest BCUT2D eigenvalue weighted by Crippen LogP contribution is 2.25. The van der Waals surface area contributed by atoms with E-state index >= 15 is 0 Å². The first kappa shape index (κ1) is 13.9. The maximum absolute atomic E-state index is 10.7. The van der Waals surface area contributed by atoms with Gasteiger partial charge in [0, 0.05) is 0 Å². The van der Waals surface area contributed by atoms with Crippen molar-refractivity contribution in [1.82, 2.24) is 0 Å². The lowest BCUT2D eigenvalue weighted by molar-refractivity contribution is 0.122. The fourth-order valence-electron chi connectivity index (χ4n) is 2.72. The van der Waals surface area contributed by atoms with Gasteiger partial charge in [0.1, 0.15) is 5.60 Å². The fourth-order valence-corrected chi connectivity index (χ4v) is 2.72. The summed E-state index contributed by atoms with van der Waals surface area (Å²) in [7, 11) is 0. The van der Waals surface area contributed by atoms with Gasteiger partial charge in [0.15, 0.2) is 0 Å². The molecule has 0 spiro atoms. The number of hydrogen-bond donors (Lipinski definition) is 1. The first-order chi connectivity index (χ1) is 10.1. The molecule has 0 saturated carbocycles. The van der Waals surface area contributed by atoms with E-state index in [1.54, 1.807) is 6.92 Å². The average Bonchev–Trinajstić information content (AvgIpc) is 2.53. The maximum atomic E-state index is 10.7. The Morgan fingerprint density at radius 1 is 1.05 bits per heavy atom. The molecular formula is C20H20O. The molecule has 1 unspecified atom stereocenters. The smallest absolute Gasteiger partial charge is 0.148 e. The SMILES string of the molecule is CC(O)(C#CC1=CCCCC1)c1ccc2ccccc2c1. The van der Waals surface area contributed by atoms with Crippen molar-refractivity contribution >= 4 is 10.8 Å². The van der Waals surface area contributed by atoms with Crippen LogP contribution in [0.2, 0.25) is 0 Å². The number of rotatable bonds is 1. The molecule has 21 heavy (non-hydrogen) atoms. The number of fused-ring (bicyclic) bond motifs is 1. The average molecular weight is 276 g/mol. The van der Waals surface area contributed by atoms with Crippen molar-refractivity contribution < 1.29 is 5.11 Å². The summed E-state index contributed by atoms with van der Waals surface area (Å²) in [6, 6.07) is 14.2. The third-order valence-electron chi connectivity index (χ3n) is 4.07. The predicted molar refractivity (Wildman–Crippen MR) is 87.8 cm³/mol. The van der Waals surface area contributed by atoms with Crippen LogP contribution in [0.15, 0.2) is 54.1 Å². The summed E-state index contributed by atoms with van der Waals surface area (Å²) >= 11 is 0. The van der Waals surface area contributed by atoms with E-state index in [-0.39, 0.29) is 0 Å². The molecule has 0 radical (unpaired) electrons. The highest BCUT2D eigenvalue weighted by atomic mass is 16.3. The van der Waals surface area contributed by atoms with Crippen molar-refractivity contribution in [2.24, 2.45) is 0 Å². The summed E-state index contributed by atoms with van der Waals surface area (Å²) in [5, 5.41) is 13.0. The lowest BCUT2D eigenvalue weighted by Crippen LogP contribution is -2.18. The van der Waals surface area contributed by atoms with Crippen LogP contribution in [-0.2, 0) is 5.60 Å². The van der Waals surface area contributed by atoms with Crippen molar-refractivity contribution in [3.05, 3.63) is 59.7 Å². The molecular weight excluding hydrogens is 256 g/mol. The Morgan fingerprint density at radius 3 is 2.62 bits per heavy atom. The Balaban J connectivity index is 1.92. The highest BCUT2D eigenvalue weighted by molar-refractivity contribution is 5.83. The van der Waals surface area contributed by atoms with E-state index in [4.69, 9.17) is 0 Å². The lowest BCUT2D eigenvalue weighted by Gasteiger charge is -2.18. The second-order valence-electron chi connectivity index (χ2n) is 5.86. The van der Waals surface area contributed by atoms with Crippen LogP contribution in [0.3, 0.4) is 0 Å². The van der Waals surface area contributed by atoms with E-state index in [1.165, 1.54) is 23.8 Å². The normalized spacial score (nSPS) is 17.5. The Bertz CT molecular complexity index is 741. The quantitative estimate of drug-likeness (QED) is 0.757. The first-order valence-electron chi connectivity index (χ1n) is 7.59.